The van der Waals surface area contributed by atoms with E-state index >= 15 is 0 Å². The average Bonchev–Trinajstić information content (AvgIpc) is 4.03. The molecule has 0 N–H and O–H groups in total. The van der Waals surface area contributed by atoms with E-state index in [0.29, 0.717) is 0 Å². The highest BCUT2D eigenvalue weighted by atomic mass is 16.3. The number of hydrogen-bond donors (Lipinski definition) is 0. The Kier molecular flexibility index (Phi) is 8.18. The molecule has 4 heteroatoms. The second-order valence-corrected chi connectivity index (χ2v) is 16.5. The summed E-state index contributed by atoms with van der Waals surface area (Å²) < 4.78 is 11.7. The van der Waals surface area contributed by atoms with E-state index in [0.717, 1.165) is 67.0 Å². The van der Waals surface area contributed by atoms with E-state index in [1.165, 1.54) is 49.3 Å². The smallest absolute Gasteiger partial charge is 0.159 e. The van der Waals surface area contributed by atoms with E-state index in [9.17, 15) is 0 Å². The third-order valence-corrected chi connectivity index (χ3v) is 12.9. The van der Waals surface area contributed by atoms with Crippen LogP contribution in [0.2, 0.25) is 0 Å². The largest absolute Gasteiger partial charge is 0.454 e. The normalized spacial score (nSPS) is 11.8. The van der Waals surface area contributed by atoms with Crippen LogP contribution in [-0.4, -0.2) is 9.13 Å². The van der Waals surface area contributed by atoms with E-state index in [1.807, 2.05) is 0 Å². The maximum atomic E-state index is 6.98. The number of fused-ring (bicyclic) bond motifs is 9. The average molecular weight is 818 g/mol. The van der Waals surface area contributed by atoms with Gasteiger partial charge >= 0.3 is 0 Å². The van der Waals surface area contributed by atoms with Crippen molar-refractivity contribution >= 4 is 82.6 Å². The molecule has 0 radical (unpaired) electrons. The summed E-state index contributed by atoms with van der Waals surface area (Å²) >= 11 is 0. The van der Waals surface area contributed by atoms with Crippen molar-refractivity contribution in [3.63, 3.8) is 0 Å². The van der Waals surface area contributed by atoms with Crippen LogP contribution in [0.15, 0.2) is 241 Å². The first-order chi connectivity index (χ1) is 31.8. The highest BCUT2D eigenvalue weighted by molar-refractivity contribution is 6.16. The number of para-hydroxylation sites is 5. The van der Waals surface area contributed by atoms with Gasteiger partial charge in [0.05, 0.1) is 27.8 Å². The Labute approximate surface area is 369 Å². The monoisotopic (exact) mass is 817 g/mol. The first-order valence-electron chi connectivity index (χ1n) is 21.8. The summed E-state index contributed by atoms with van der Waals surface area (Å²) in [4.78, 5) is 2.33. The van der Waals surface area contributed by atoms with Crippen LogP contribution >= 0.6 is 0 Å². The van der Waals surface area contributed by atoms with Crippen molar-refractivity contribution in [2.45, 2.75) is 0 Å². The van der Waals surface area contributed by atoms with E-state index in [-0.39, 0.29) is 0 Å². The minimum absolute atomic E-state index is 0.838. The van der Waals surface area contributed by atoms with E-state index in [1.54, 1.807) is 0 Å². The summed E-state index contributed by atoms with van der Waals surface area (Å²) in [6, 6.07) is 84.9. The van der Waals surface area contributed by atoms with Crippen LogP contribution in [0.3, 0.4) is 0 Å². The molecule has 0 amide bonds. The highest BCUT2D eigenvalue weighted by Gasteiger charge is 2.21. The molecule has 0 spiro atoms. The van der Waals surface area contributed by atoms with Crippen LogP contribution in [-0.2, 0) is 0 Å². The van der Waals surface area contributed by atoms with Gasteiger partial charge in [0.25, 0.3) is 0 Å². The Morgan fingerprint density at radius 2 is 0.844 bits per heavy atom. The van der Waals surface area contributed by atoms with Gasteiger partial charge in [0.1, 0.15) is 5.58 Å². The van der Waals surface area contributed by atoms with Gasteiger partial charge < -0.3 is 18.5 Å². The molecule has 0 unspecified atom stereocenters. The van der Waals surface area contributed by atoms with Gasteiger partial charge in [-0.2, -0.15) is 0 Å². The molecular weight excluding hydrogens is 779 g/mol. The molecule has 0 atom stereocenters. The second-order valence-electron chi connectivity index (χ2n) is 16.5. The maximum absolute atomic E-state index is 6.98. The Hall–Kier alpha value is -8.60. The Balaban J connectivity index is 0.957. The number of aromatic nitrogens is 2. The number of rotatable bonds is 7. The van der Waals surface area contributed by atoms with Gasteiger partial charge in [-0.3, -0.25) is 0 Å². The Morgan fingerprint density at radius 3 is 1.53 bits per heavy atom. The fourth-order valence-electron chi connectivity index (χ4n) is 10.1. The summed E-state index contributed by atoms with van der Waals surface area (Å²) in [5, 5.41) is 7.11. The summed E-state index contributed by atoms with van der Waals surface area (Å²) in [6.45, 7) is 0. The first kappa shape index (κ1) is 36.1. The number of benzene rings is 10. The van der Waals surface area contributed by atoms with Crippen LogP contribution in [0, 0.1) is 0 Å². The standard InChI is InChI=1S/C60H39N3O/c1-3-15-40(16-4-1)41-29-33-44(34-30-41)61(45-35-31-42(32-36-45)47-22-13-27-56-59(47)52-21-9-12-26-55(52)62(56)43-17-5-2-6-18-43)46-37-38-50-51-23-14-28-57(60(51)64-58(50)39-46)63-53-24-10-7-19-48(53)49-20-8-11-25-54(49)63/h1-39H. The van der Waals surface area contributed by atoms with Crippen LogP contribution in [0.4, 0.5) is 17.1 Å². The van der Waals surface area contributed by atoms with Gasteiger partial charge in [0, 0.05) is 61.1 Å². The molecule has 0 saturated carbocycles. The van der Waals surface area contributed by atoms with Crippen LogP contribution in [0.5, 0.6) is 0 Å². The molecule has 64 heavy (non-hydrogen) atoms. The van der Waals surface area contributed by atoms with Crippen molar-refractivity contribution in [1.29, 1.82) is 0 Å². The number of furan rings is 1. The van der Waals surface area contributed by atoms with Crippen LogP contribution < -0.4 is 4.90 Å². The minimum Gasteiger partial charge on any atom is -0.454 e. The molecule has 13 aromatic rings. The van der Waals surface area contributed by atoms with Crippen LogP contribution in [0.25, 0.3) is 99.2 Å². The predicted molar refractivity (Wildman–Crippen MR) is 268 cm³/mol. The molecule has 0 aliphatic rings. The van der Waals surface area contributed by atoms with Crippen molar-refractivity contribution in [2.24, 2.45) is 0 Å². The number of anilines is 3. The van der Waals surface area contributed by atoms with Gasteiger partial charge in [-0.1, -0.05) is 152 Å². The number of hydrogen-bond acceptors (Lipinski definition) is 2. The molecule has 0 aliphatic heterocycles. The molecule has 3 heterocycles. The molecule has 0 fully saturated rings. The maximum Gasteiger partial charge on any atom is 0.159 e. The molecule has 10 aromatic carbocycles. The van der Waals surface area contributed by atoms with Gasteiger partial charge in [0.2, 0.25) is 0 Å². The van der Waals surface area contributed by atoms with Gasteiger partial charge in [-0.15, -0.1) is 0 Å². The summed E-state index contributed by atoms with van der Waals surface area (Å²) in [6.07, 6.45) is 0. The Bertz CT molecular complexity index is 3820. The van der Waals surface area contributed by atoms with Gasteiger partial charge in [0.15, 0.2) is 5.58 Å². The van der Waals surface area contributed by atoms with Crippen molar-refractivity contribution in [1.82, 2.24) is 9.13 Å². The number of nitrogens with zero attached hydrogens (tertiary/aromatic N) is 3. The van der Waals surface area contributed by atoms with E-state index in [2.05, 4.69) is 251 Å². The SMILES string of the molecule is c1ccc(-c2ccc(N(c3ccc(-c4cccc5c4c4ccccc4n5-c4ccccc4)cc3)c3ccc4c(c3)oc3c(-n5c6ccccc6c6ccccc65)cccc34)cc2)cc1. The van der Waals surface area contributed by atoms with Crippen molar-refractivity contribution in [3.05, 3.63) is 237 Å². The lowest BCUT2D eigenvalue weighted by Crippen LogP contribution is -2.09. The minimum atomic E-state index is 0.838. The fourth-order valence-corrected chi connectivity index (χ4v) is 10.1. The predicted octanol–water partition coefficient (Wildman–Crippen LogP) is 16.6. The van der Waals surface area contributed by atoms with Gasteiger partial charge in [-0.25, -0.2) is 0 Å². The zero-order valence-electron chi connectivity index (χ0n) is 34.8. The van der Waals surface area contributed by atoms with E-state index in [4.69, 9.17) is 4.42 Å². The quantitative estimate of drug-likeness (QED) is 0.160. The Morgan fingerprint density at radius 1 is 0.328 bits per heavy atom. The van der Waals surface area contributed by atoms with Crippen LogP contribution in [0.1, 0.15) is 0 Å². The van der Waals surface area contributed by atoms with Crippen molar-refractivity contribution < 1.29 is 4.42 Å². The first-order valence-corrected chi connectivity index (χ1v) is 21.8. The van der Waals surface area contributed by atoms with Crippen molar-refractivity contribution in [3.8, 4) is 33.6 Å². The lowest BCUT2D eigenvalue weighted by atomic mass is 9.99. The molecule has 0 aliphatic carbocycles. The lowest BCUT2D eigenvalue weighted by Gasteiger charge is -2.26. The molecular formula is C60H39N3O. The molecule has 0 bridgehead atoms. The lowest BCUT2D eigenvalue weighted by molar-refractivity contribution is 0.666. The highest BCUT2D eigenvalue weighted by Crippen LogP contribution is 2.44. The molecule has 4 nitrogen and oxygen atoms in total. The zero-order chi connectivity index (χ0) is 42.1. The van der Waals surface area contributed by atoms with Crippen molar-refractivity contribution in [2.75, 3.05) is 4.90 Å². The topological polar surface area (TPSA) is 26.2 Å². The van der Waals surface area contributed by atoms with E-state index < -0.39 is 0 Å². The summed E-state index contributed by atoms with van der Waals surface area (Å²) in [7, 11) is 0. The fraction of sp³-hybridized carbons (Fsp3) is 0. The van der Waals surface area contributed by atoms with Gasteiger partial charge in [-0.05, 0) is 101 Å². The zero-order valence-corrected chi connectivity index (χ0v) is 34.8. The summed E-state index contributed by atoms with van der Waals surface area (Å²) in [5.74, 6) is 0. The third kappa shape index (κ3) is 5.63. The molecule has 3 aromatic heterocycles. The molecule has 300 valence electrons. The summed E-state index contributed by atoms with van der Waals surface area (Å²) in [5.41, 5.74) is 16.4. The molecule has 13 rings (SSSR count). The second kappa shape index (κ2) is 14.5. The molecule has 0 saturated heterocycles. The third-order valence-electron chi connectivity index (χ3n) is 12.9.